The molecule has 2 heterocycles. The number of benzene rings is 2. The highest BCUT2D eigenvalue weighted by atomic mass is 19.1. The Morgan fingerprint density at radius 3 is 2.73 bits per heavy atom. The Morgan fingerprint density at radius 1 is 1.09 bits per heavy atom. The molecule has 0 saturated carbocycles. The van der Waals surface area contributed by atoms with Gasteiger partial charge in [-0.2, -0.15) is 0 Å². The van der Waals surface area contributed by atoms with E-state index in [9.17, 15) is 4.39 Å². The summed E-state index contributed by atoms with van der Waals surface area (Å²) in [6.45, 7) is 2.81. The van der Waals surface area contributed by atoms with E-state index in [0.717, 1.165) is 37.0 Å². The van der Waals surface area contributed by atoms with Crippen molar-refractivity contribution in [3.05, 3.63) is 71.2 Å². The van der Waals surface area contributed by atoms with Crippen LogP contribution in [0.4, 0.5) is 4.39 Å². The van der Waals surface area contributed by atoms with E-state index in [1.807, 2.05) is 12.1 Å². The smallest absolute Gasteiger partial charge is 0.123 e. The molecule has 0 amide bonds. The lowest BCUT2D eigenvalue weighted by atomic mass is 10.0. The third kappa shape index (κ3) is 2.22. The molecule has 2 aromatic carbocycles. The summed E-state index contributed by atoms with van der Waals surface area (Å²) < 4.78 is 16.1. The van der Waals surface area contributed by atoms with Crippen LogP contribution in [0.25, 0.3) is 10.9 Å². The maximum absolute atomic E-state index is 13.7. The minimum Gasteiger partial charge on any atom is -0.340 e. The average molecular weight is 294 g/mol. The highest BCUT2D eigenvalue weighted by Gasteiger charge is 2.22. The van der Waals surface area contributed by atoms with Gasteiger partial charge in [0.2, 0.25) is 0 Å². The van der Waals surface area contributed by atoms with E-state index in [1.54, 1.807) is 12.1 Å². The number of likely N-dealkylation sites (N-methyl/N-ethyl adjacent to an activating group) is 1. The first-order chi connectivity index (χ1) is 10.7. The number of aromatic nitrogens is 1. The lowest BCUT2D eigenvalue weighted by Crippen LogP contribution is -2.27. The molecule has 4 rings (SSSR count). The van der Waals surface area contributed by atoms with Gasteiger partial charge in [-0.05, 0) is 36.4 Å². The number of rotatable bonds is 2. The largest absolute Gasteiger partial charge is 0.340 e. The van der Waals surface area contributed by atoms with Crippen LogP contribution in [0.1, 0.15) is 16.8 Å². The molecule has 22 heavy (non-hydrogen) atoms. The van der Waals surface area contributed by atoms with Crippen molar-refractivity contribution < 1.29 is 4.39 Å². The number of fused-ring (bicyclic) bond motifs is 3. The zero-order valence-corrected chi connectivity index (χ0v) is 12.7. The summed E-state index contributed by atoms with van der Waals surface area (Å²) in [5, 5.41) is 1.07. The molecule has 1 aromatic heterocycles. The first kappa shape index (κ1) is 13.5. The van der Waals surface area contributed by atoms with Gasteiger partial charge in [0.25, 0.3) is 0 Å². The van der Waals surface area contributed by atoms with Crippen molar-refractivity contribution in [2.45, 2.75) is 19.5 Å². The molecule has 0 saturated heterocycles. The fourth-order valence-corrected chi connectivity index (χ4v) is 3.50. The van der Waals surface area contributed by atoms with Crippen molar-refractivity contribution in [1.29, 1.82) is 0 Å². The molecule has 2 nitrogen and oxygen atoms in total. The van der Waals surface area contributed by atoms with Crippen LogP contribution in [0, 0.1) is 5.82 Å². The van der Waals surface area contributed by atoms with Gasteiger partial charge in [0.15, 0.2) is 0 Å². The summed E-state index contributed by atoms with van der Waals surface area (Å²) in [5.74, 6) is -0.152. The molecule has 112 valence electrons. The highest BCUT2D eigenvalue weighted by molar-refractivity contribution is 5.86. The van der Waals surface area contributed by atoms with Gasteiger partial charge in [0.05, 0.1) is 0 Å². The predicted molar refractivity (Wildman–Crippen MR) is 87.5 cm³/mol. The van der Waals surface area contributed by atoms with Crippen LogP contribution >= 0.6 is 0 Å². The number of hydrogen-bond acceptors (Lipinski definition) is 1. The van der Waals surface area contributed by atoms with E-state index in [4.69, 9.17) is 0 Å². The van der Waals surface area contributed by atoms with Crippen molar-refractivity contribution in [1.82, 2.24) is 9.47 Å². The van der Waals surface area contributed by atoms with Crippen molar-refractivity contribution in [3.63, 3.8) is 0 Å². The lowest BCUT2D eigenvalue weighted by Gasteiger charge is -2.24. The zero-order valence-electron chi connectivity index (χ0n) is 12.7. The van der Waals surface area contributed by atoms with Crippen LogP contribution in [0.15, 0.2) is 48.5 Å². The minimum absolute atomic E-state index is 0.152. The maximum Gasteiger partial charge on any atom is 0.123 e. The van der Waals surface area contributed by atoms with E-state index < -0.39 is 0 Å². The maximum atomic E-state index is 13.7. The molecule has 0 aliphatic carbocycles. The SMILES string of the molecule is CN1CCc2c(c3cc(F)ccc3n2Cc2ccccc2)C1. The van der Waals surface area contributed by atoms with E-state index in [0.29, 0.717) is 0 Å². The monoisotopic (exact) mass is 294 g/mol. The van der Waals surface area contributed by atoms with Crippen molar-refractivity contribution in [2.75, 3.05) is 13.6 Å². The Bertz CT molecular complexity index is 820. The molecule has 0 atom stereocenters. The second-order valence-electron chi connectivity index (χ2n) is 6.15. The molecule has 3 aromatic rings. The Kier molecular flexibility index (Phi) is 3.23. The number of halogens is 1. The van der Waals surface area contributed by atoms with Crippen LogP contribution in [0.5, 0.6) is 0 Å². The lowest BCUT2D eigenvalue weighted by molar-refractivity contribution is 0.310. The second-order valence-corrected chi connectivity index (χ2v) is 6.15. The number of nitrogens with zero attached hydrogens (tertiary/aromatic N) is 2. The molecule has 0 spiro atoms. The normalized spacial score (nSPS) is 15.2. The van der Waals surface area contributed by atoms with Crippen LogP contribution in [0.2, 0.25) is 0 Å². The second kappa shape index (κ2) is 5.25. The Balaban J connectivity index is 1.90. The molecule has 0 N–H and O–H groups in total. The molecule has 1 aliphatic heterocycles. The molecule has 3 heteroatoms. The summed E-state index contributed by atoms with van der Waals surface area (Å²) >= 11 is 0. The fourth-order valence-electron chi connectivity index (χ4n) is 3.50. The molecule has 0 radical (unpaired) electrons. The van der Waals surface area contributed by atoms with Gasteiger partial charge in [-0.25, -0.2) is 4.39 Å². The van der Waals surface area contributed by atoms with Gasteiger partial charge >= 0.3 is 0 Å². The molecule has 0 unspecified atom stereocenters. The van der Waals surface area contributed by atoms with Crippen molar-refractivity contribution in [2.24, 2.45) is 0 Å². The summed E-state index contributed by atoms with van der Waals surface area (Å²) in [4.78, 5) is 2.31. The van der Waals surface area contributed by atoms with Crippen molar-refractivity contribution >= 4 is 10.9 Å². The topological polar surface area (TPSA) is 8.17 Å². The zero-order chi connectivity index (χ0) is 15.1. The van der Waals surface area contributed by atoms with E-state index in [2.05, 4.69) is 40.8 Å². The van der Waals surface area contributed by atoms with Gasteiger partial charge in [-0.1, -0.05) is 30.3 Å². The van der Waals surface area contributed by atoms with Crippen LogP contribution < -0.4 is 0 Å². The van der Waals surface area contributed by atoms with Gasteiger partial charge in [0, 0.05) is 42.7 Å². The minimum atomic E-state index is -0.152. The first-order valence-electron chi connectivity index (χ1n) is 7.74. The first-order valence-corrected chi connectivity index (χ1v) is 7.74. The Hall–Kier alpha value is -2.13. The summed E-state index contributed by atoms with van der Waals surface area (Å²) in [5.41, 5.74) is 5.08. The summed E-state index contributed by atoms with van der Waals surface area (Å²) in [7, 11) is 2.13. The van der Waals surface area contributed by atoms with E-state index in [1.165, 1.54) is 16.8 Å². The van der Waals surface area contributed by atoms with Crippen LogP contribution in [0.3, 0.4) is 0 Å². The molecule has 0 fully saturated rings. The highest BCUT2D eigenvalue weighted by Crippen LogP contribution is 2.31. The number of hydrogen-bond donors (Lipinski definition) is 0. The quantitative estimate of drug-likeness (QED) is 0.697. The van der Waals surface area contributed by atoms with Crippen LogP contribution in [-0.4, -0.2) is 23.1 Å². The third-order valence-electron chi connectivity index (χ3n) is 4.59. The molecule has 0 bridgehead atoms. The van der Waals surface area contributed by atoms with Gasteiger partial charge in [0.1, 0.15) is 5.82 Å². The standard InChI is InChI=1S/C19H19FN2/c1-21-10-9-19-17(13-21)16-11-15(20)7-8-18(16)22(19)12-14-5-3-2-4-6-14/h2-8,11H,9-10,12-13H2,1H3. The van der Waals surface area contributed by atoms with Gasteiger partial charge in [-0.3, -0.25) is 0 Å². The average Bonchev–Trinajstić information content (AvgIpc) is 2.81. The van der Waals surface area contributed by atoms with E-state index in [-0.39, 0.29) is 5.82 Å². The summed E-state index contributed by atoms with van der Waals surface area (Å²) in [6.07, 6.45) is 1.02. The Labute approximate surface area is 129 Å². The molecular formula is C19H19FN2. The fraction of sp³-hybridized carbons (Fsp3) is 0.263. The van der Waals surface area contributed by atoms with Crippen molar-refractivity contribution in [3.8, 4) is 0 Å². The van der Waals surface area contributed by atoms with Gasteiger partial charge in [-0.15, -0.1) is 0 Å². The predicted octanol–water partition coefficient (Wildman–Crippen LogP) is 3.82. The molecule has 1 aliphatic rings. The third-order valence-corrected chi connectivity index (χ3v) is 4.59. The van der Waals surface area contributed by atoms with Gasteiger partial charge < -0.3 is 9.47 Å². The van der Waals surface area contributed by atoms with E-state index >= 15 is 0 Å². The Morgan fingerprint density at radius 2 is 1.91 bits per heavy atom. The summed E-state index contributed by atoms with van der Waals surface area (Å²) in [6, 6.07) is 15.7. The van der Waals surface area contributed by atoms with Crippen LogP contribution in [-0.2, 0) is 19.5 Å². The molecular weight excluding hydrogens is 275 g/mol.